The lowest BCUT2D eigenvalue weighted by atomic mass is 10.2. The molecular weight excluding hydrogens is 124 g/mol. The Balaban J connectivity index is 2.80. The Bertz CT molecular complexity index is 168. The summed E-state index contributed by atoms with van der Waals surface area (Å²) in [4.78, 5) is 0. The molecule has 2 nitrogen and oxygen atoms in total. The van der Waals surface area contributed by atoms with Crippen LogP contribution >= 0.6 is 0 Å². The summed E-state index contributed by atoms with van der Waals surface area (Å²) in [6, 6.07) is 8.07. The first kappa shape index (κ1) is 7.09. The van der Waals surface area contributed by atoms with E-state index in [-0.39, 0.29) is 0 Å². The predicted octanol–water partition coefficient (Wildman–Crippen LogP) is 1.19. The molecule has 0 bridgehead atoms. The van der Waals surface area contributed by atoms with Gasteiger partial charge in [-0.15, -0.1) is 0 Å². The molecule has 1 aromatic rings. The van der Waals surface area contributed by atoms with Crippen molar-refractivity contribution in [2.24, 2.45) is 5.73 Å². The third kappa shape index (κ3) is 1.48. The zero-order valence-electron chi connectivity index (χ0n) is 6.09. The monoisotopic (exact) mass is 136 g/mol. The van der Waals surface area contributed by atoms with Gasteiger partial charge >= 0.3 is 0 Å². The summed E-state index contributed by atoms with van der Waals surface area (Å²) in [5, 5.41) is 3.04. The van der Waals surface area contributed by atoms with Crippen LogP contribution in [0, 0.1) is 0 Å². The van der Waals surface area contributed by atoms with E-state index in [0.717, 1.165) is 5.69 Å². The summed E-state index contributed by atoms with van der Waals surface area (Å²) in [6.07, 6.45) is 0. The minimum absolute atomic E-state index is 0.615. The fourth-order valence-electron chi connectivity index (χ4n) is 0.807. The summed E-state index contributed by atoms with van der Waals surface area (Å²) in [6.45, 7) is 0.615. The zero-order valence-corrected chi connectivity index (χ0v) is 6.09. The predicted molar refractivity (Wildman–Crippen MR) is 43.9 cm³/mol. The van der Waals surface area contributed by atoms with Gasteiger partial charge in [-0.2, -0.15) is 0 Å². The van der Waals surface area contributed by atoms with E-state index >= 15 is 0 Å². The number of anilines is 1. The summed E-state index contributed by atoms with van der Waals surface area (Å²) in [5.74, 6) is 0. The van der Waals surface area contributed by atoms with E-state index in [4.69, 9.17) is 5.73 Å². The van der Waals surface area contributed by atoms with E-state index < -0.39 is 0 Å². The van der Waals surface area contributed by atoms with Crippen LogP contribution in [0.25, 0.3) is 0 Å². The van der Waals surface area contributed by atoms with Crippen LogP contribution in [-0.2, 0) is 6.54 Å². The van der Waals surface area contributed by atoms with E-state index in [1.54, 1.807) is 0 Å². The van der Waals surface area contributed by atoms with E-state index in [2.05, 4.69) is 5.32 Å². The van der Waals surface area contributed by atoms with Crippen LogP contribution in [0.4, 0.5) is 5.69 Å². The second-order valence-electron chi connectivity index (χ2n) is 2.15. The third-order valence-corrected chi connectivity index (χ3v) is 1.48. The Hall–Kier alpha value is -1.02. The van der Waals surface area contributed by atoms with Gasteiger partial charge in [-0.3, -0.25) is 0 Å². The van der Waals surface area contributed by atoms with Crippen LogP contribution in [0.2, 0.25) is 0 Å². The van der Waals surface area contributed by atoms with Gasteiger partial charge in [0, 0.05) is 19.3 Å². The molecule has 0 aliphatic rings. The van der Waals surface area contributed by atoms with E-state index in [0.29, 0.717) is 6.54 Å². The lowest BCUT2D eigenvalue weighted by Gasteiger charge is -1.99. The van der Waals surface area contributed by atoms with E-state index in [9.17, 15) is 0 Å². The molecule has 0 saturated heterocycles. The van der Waals surface area contributed by atoms with Crippen molar-refractivity contribution in [2.75, 3.05) is 12.4 Å². The molecule has 0 radical (unpaired) electrons. The van der Waals surface area contributed by atoms with Gasteiger partial charge < -0.3 is 11.1 Å². The van der Waals surface area contributed by atoms with Gasteiger partial charge in [0.15, 0.2) is 0 Å². The molecule has 0 aliphatic heterocycles. The highest BCUT2D eigenvalue weighted by Crippen LogP contribution is 2.06. The van der Waals surface area contributed by atoms with Crippen LogP contribution in [-0.4, -0.2) is 7.05 Å². The number of rotatable bonds is 2. The van der Waals surface area contributed by atoms with Crippen molar-refractivity contribution in [3.05, 3.63) is 29.8 Å². The van der Waals surface area contributed by atoms with Gasteiger partial charge in [-0.05, 0) is 17.7 Å². The molecular formula is C8H12N2. The standard InChI is InChI=1S/C8H12N2/c1-10-8-4-2-7(6-9)3-5-8/h2-5,10H,6,9H2,1H3. The molecule has 0 atom stereocenters. The van der Waals surface area contributed by atoms with Crippen molar-refractivity contribution < 1.29 is 0 Å². The molecule has 2 heteroatoms. The fourth-order valence-corrected chi connectivity index (χ4v) is 0.807. The molecule has 10 heavy (non-hydrogen) atoms. The second kappa shape index (κ2) is 3.22. The number of nitrogens with two attached hydrogens (primary N) is 1. The first-order chi connectivity index (χ1) is 4.86. The van der Waals surface area contributed by atoms with Gasteiger partial charge in [-0.1, -0.05) is 12.1 Å². The smallest absolute Gasteiger partial charge is 0.0337 e. The molecule has 0 aliphatic carbocycles. The molecule has 54 valence electrons. The third-order valence-electron chi connectivity index (χ3n) is 1.48. The van der Waals surface area contributed by atoms with Crippen LogP contribution in [0.1, 0.15) is 5.56 Å². The zero-order chi connectivity index (χ0) is 7.40. The lowest BCUT2D eigenvalue weighted by molar-refractivity contribution is 1.07. The van der Waals surface area contributed by atoms with Crippen molar-refractivity contribution in [1.29, 1.82) is 0 Å². The average Bonchev–Trinajstić information content (AvgIpc) is 2.05. The molecule has 0 fully saturated rings. The van der Waals surface area contributed by atoms with Crippen LogP contribution in [0.3, 0.4) is 0 Å². The molecule has 0 heterocycles. The highest BCUT2D eigenvalue weighted by molar-refractivity contribution is 5.43. The second-order valence-corrected chi connectivity index (χ2v) is 2.15. The Labute approximate surface area is 61.1 Å². The van der Waals surface area contributed by atoms with Gasteiger partial charge in [0.25, 0.3) is 0 Å². The molecule has 0 aromatic heterocycles. The van der Waals surface area contributed by atoms with Gasteiger partial charge in [0.1, 0.15) is 0 Å². The summed E-state index contributed by atoms with van der Waals surface area (Å²) in [7, 11) is 1.90. The van der Waals surface area contributed by atoms with Crippen molar-refractivity contribution >= 4 is 5.69 Å². The topological polar surface area (TPSA) is 38.0 Å². The number of nitrogens with one attached hydrogen (secondary N) is 1. The van der Waals surface area contributed by atoms with Crippen molar-refractivity contribution in [3.63, 3.8) is 0 Å². The summed E-state index contributed by atoms with van der Waals surface area (Å²) < 4.78 is 0. The van der Waals surface area contributed by atoms with Crippen LogP contribution in [0.15, 0.2) is 24.3 Å². The highest BCUT2D eigenvalue weighted by atomic mass is 14.8. The minimum Gasteiger partial charge on any atom is -0.388 e. The average molecular weight is 136 g/mol. The Morgan fingerprint density at radius 2 is 1.90 bits per heavy atom. The first-order valence-electron chi connectivity index (χ1n) is 3.33. The molecule has 1 rings (SSSR count). The summed E-state index contributed by atoms with van der Waals surface area (Å²) in [5.41, 5.74) is 7.71. The van der Waals surface area contributed by atoms with E-state index in [1.165, 1.54) is 5.56 Å². The Morgan fingerprint density at radius 1 is 1.30 bits per heavy atom. The molecule has 1 aromatic carbocycles. The van der Waals surface area contributed by atoms with Crippen molar-refractivity contribution in [1.82, 2.24) is 0 Å². The normalized spacial score (nSPS) is 9.40. The Kier molecular flexibility index (Phi) is 2.29. The maximum atomic E-state index is 5.42. The van der Waals surface area contributed by atoms with Crippen molar-refractivity contribution in [3.8, 4) is 0 Å². The highest BCUT2D eigenvalue weighted by Gasteiger charge is 1.87. The van der Waals surface area contributed by atoms with Gasteiger partial charge in [-0.25, -0.2) is 0 Å². The lowest BCUT2D eigenvalue weighted by Crippen LogP contribution is -1.96. The molecule has 0 spiro atoms. The largest absolute Gasteiger partial charge is 0.388 e. The van der Waals surface area contributed by atoms with Gasteiger partial charge in [0.05, 0.1) is 0 Å². The van der Waals surface area contributed by atoms with Crippen LogP contribution in [0.5, 0.6) is 0 Å². The van der Waals surface area contributed by atoms with Crippen LogP contribution < -0.4 is 11.1 Å². The number of hydrogen-bond acceptors (Lipinski definition) is 2. The maximum absolute atomic E-state index is 5.42. The quantitative estimate of drug-likeness (QED) is 0.640. The van der Waals surface area contributed by atoms with E-state index in [1.807, 2.05) is 31.3 Å². The first-order valence-corrected chi connectivity index (χ1v) is 3.33. The minimum atomic E-state index is 0.615. The SMILES string of the molecule is CNc1ccc(CN)cc1. The molecule has 0 unspecified atom stereocenters. The number of hydrogen-bond donors (Lipinski definition) is 2. The number of benzene rings is 1. The Morgan fingerprint density at radius 3 is 2.30 bits per heavy atom. The fraction of sp³-hybridized carbons (Fsp3) is 0.250. The van der Waals surface area contributed by atoms with Gasteiger partial charge in [0.2, 0.25) is 0 Å². The maximum Gasteiger partial charge on any atom is 0.0337 e. The molecule has 0 saturated carbocycles. The molecule has 0 amide bonds. The van der Waals surface area contributed by atoms with Crippen molar-refractivity contribution in [2.45, 2.75) is 6.54 Å². The summed E-state index contributed by atoms with van der Waals surface area (Å²) >= 11 is 0. The molecule has 3 N–H and O–H groups in total.